The summed E-state index contributed by atoms with van der Waals surface area (Å²) in [4.78, 5) is 15.3. The number of aryl methyl sites for hydroxylation is 1. The summed E-state index contributed by atoms with van der Waals surface area (Å²) in [5.74, 6) is -0.795. The van der Waals surface area contributed by atoms with Gasteiger partial charge in [-0.2, -0.15) is 5.26 Å². The van der Waals surface area contributed by atoms with Crippen molar-refractivity contribution in [3.05, 3.63) is 59.4 Å². The van der Waals surface area contributed by atoms with Crippen molar-refractivity contribution in [2.75, 3.05) is 16.9 Å². The molecule has 0 bridgehead atoms. The first-order valence-electron chi connectivity index (χ1n) is 8.77. The maximum absolute atomic E-state index is 13.4. The zero-order valence-corrected chi connectivity index (χ0v) is 18.9. The van der Waals surface area contributed by atoms with Crippen LogP contribution in [-0.2, 0) is 14.8 Å². The Kier molecular flexibility index (Phi) is 5.91. The molecule has 156 valence electrons. The van der Waals surface area contributed by atoms with Gasteiger partial charge in [0, 0.05) is 10.6 Å². The molecule has 3 rings (SSSR count). The number of benzene rings is 2. The number of hydrogen-bond acceptors (Lipinski definition) is 6. The number of amides is 1. The lowest BCUT2D eigenvalue weighted by Gasteiger charge is -2.30. The topological polar surface area (TPSA) is 81.5 Å². The van der Waals surface area contributed by atoms with E-state index in [1.165, 1.54) is 35.7 Å². The predicted molar refractivity (Wildman–Crippen MR) is 118 cm³/mol. The lowest BCUT2D eigenvalue weighted by molar-refractivity contribution is -0.122. The second-order valence-corrected chi connectivity index (χ2v) is 10.3. The summed E-state index contributed by atoms with van der Waals surface area (Å²) < 4.78 is 39.3. The molecule has 0 aliphatic carbocycles. The molecular weight excluding hydrogens is 445 g/mol. The minimum atomic E-state index is -3.86. The van der Waals surface area contributed by atoms with Gasteiger partial charge in [-0.1, -0.05) is 0 Å². The molecule has 1 aliphatic heterocycles. The van der Waals surface area contributed by atoms with Gasteiger partial charge in [0.05, 0.1) is 23.6 Å². The molecule has 30 heavy (non-hydrogen) atoms. The quantitative estimate of drug-likeness (QED) is 0.499. The maximum Gasteiger partial charge on any atom is 0.261 e. The summed E-state index contributed by atoms with van der Waals surface area (Å²) in [7, 11) is -3.86. The van der Waals surface area contributed by atoms with Crippen molar-refractivity contribution in [2.45, 2.75) is 24.3 Å². The summed E-state index contributed by atoms with van der Waals surface area (Å²) in [6.45, 7) is 3.25. The summed E-state index contributed by atoms with van der Waals surface area (Å²) in [6.07, 6.45) is 1.00. The summed E-state index contributed by atoms with van der Waals surface area (Å²) >= 11 is 6.63. The van der Waals surface area contributed by atoms with E-state index in [-0.39, 0.29) is 16.7 Å². The van der Waals surface area contributed by atoms with E-state index in [1.54, 1.807) is 37.3 Å². The zero-order valence-electron chi connectivity index (χ0n) is 16.4. The number of carbonyl (C=O) groups excluding carboxylic acids is 1. The van der Waals surface area contributed by atoms with Crippen molar-refractivity contribution in [1.82, 2.24) is 4.31 Å². The van der Waals surface area contributed by atoms with Crippen LogP contribution in [0.1, 0.15) is 18.1 Å². The Morgan fingerprint density at radius 2 is 1.87 bits per heavy atom. The minimum absolute atomic E-state index is 0.0798. The zero-order chi connectivity index (χ0) is 22.3. The first-order chi connectivity index (χ1) is 14.0. The SMILES string of the molecule is Cc1cc(N2C(=O)[C@@](C)(CSc3ccc(F)cc3)N(S(C)(=O)=O)C2=S)ccc1C#N. The van der Waals surface area contributed by atoms with Gasteiger partial charge in [-0.3, -0.25) is 9.69 Å². The smallest absolute Gasteiger partial charge is 0.261 e. The highest BCUT2D eigenvalue weighted by molar-refractivity contribution is 7.99. The van der Waals surface area contributed by atoms with Crippen LogP contribution in [0.25, 0.3) is 0 Å². The van der Waals surface area contributed by atoms with Crippen LogP contribution in [0, 0.1) is 24.1 Å². The molecule has 10 heteroatoms. The highest BCUT2D eigenvalue weighted by Crippen LogP contribution is 2.38. The molecule has 1 heterocycles. The van der Waals surface area contributed by atoms with Crippen LogP contribution < -0.4 is 4.90 Å². The standard InChI is InChI=1S/C20H18FN3O3S3/c1-13-10-16(7-4-14(13)11-22)23-18(25)20(2,24(19(23)28)30(3,26)27)12-29-17-8-5-15(21)6-9-17/h4-10H,12H2,1-3H3/t20-/m1/s1. The number of anilines is 1. The molecule has 1 atom stereocenters. The third kappa shape index (κ3) is 3.93. The predicted octanol–water partition coefficient (Wildman–Crippen LogP) is 3.45. The Hall–Kier alpha value is -2.48. The number of carbonyl (C=O) groups is 1. The first kappa shape index (κ1) is 22.2. The average Bonchev–Trinajstić information content (AvgIpc) is 2.87. The normalized spacial score (nSPS) is 19.3. The molecule has 2 aromatic rings. The molecule has 1 amide bonds. The maximum atomic E-state index is 13.4. The van der Waals surface area contributed by atoms with Crippen LogP contribution in [0.15, 0.2) is 47.4 Å². The molecule has 1 fully saturated rings. The van der Waals surface area contributed by atoms with E-state index in [1.807, 2.05) is 0 Å². The summed E-state index contributed by atoms with van der Waals surface area (Å²) in [6, 6.07) is 12.5. The van der Waals surface area contributed by atoms with Crippen LogP contribution in [0.3, 0.4) is 0 Å². The van der Waals surface area contributed by atoms with Gasteiger partial charge in [0.25, 0.3) is 5.91 Å². The van der Waals surface area contributed by atoms with Crippen molar-refractivity contribution < 1.29 is 17.6 Å². The van der Waals surface area contributed by atoms with Gasteiger partial charge in [-0.15, -0.1) is 11.8 Å². The van der Waals surface area contributed by atoms with Crippen LogP contribution in [-0.4, -0.2) is 41.3 Å². The Labute approximate surface area is 184 Å². The first-order valence-corrected chi connectivity index (χ1v) is 12.0. The van der Waals surface area contributed by atoms with E-state index in [0.29, 0.717) is 21.7 Å². The Morgan fingerprint density at radius 3 is 2.40 bits per heavy atom. The van der Waals surface area contributed by atoms with Gasteiger partial charge in [-0.25, -0.2) is 17.1 Å². The Morgan fingerprint density at radius 1 is 1.23 bits per heavy atom. The number of thioether (sulfide) groups is 1. The van der Waals surface area contributed by atoms with E-state index < -0.39 is 21.5 Å². The second kappa shape index (κ2) is 7.98. The number of halogens is 1. The molecule has 0 unspecified atom stereocenters. The molecule has 0 saturated carbocycles. The van der Waals surface area contributed by atoms with E-state index in [2.05, 4.69) is 6.07 Å². The van der Waals surface area contributed by atoms with Gasteiger partial charge >= 0.3 is 0 Å². The molecule has 1 saturated heterocycles. The molecule has 0 N–H and O–H groups in total. The number of hydrogen-bond donors (Lipinski definition) is 0. The van der Waals surface area contributed by atoms with Crippen molar-refractivity contribution in [1.29, 1.82) is 5.26 Å². The lowest BCUT2D eigenvalue weighted by Crippen LogP contribution is -2.51. The number of thiocarbonyl (C=S) groups is 1. The Bertz CT molecular complexity index is 1180. The fourth-order valence-electron chi connectivity index (χ4n) is 3.24. The monoisotopic (exact) mass is 463 g/mol. The Balaban J connectivity index is 2.01. The van der Waals surface area contributed by atoms with E-state index >= 15 is 0 Å². The van der Waals surface area contributed by atoms with Gasteiger partial charge in [0.2, 0.25) is 10.0 Å². The van der Waals surface area contributed by atoms with Crippen molar-refractivity contribution in [2.24, 2.45) is 0 Å². The van der Waals surface area contributed by atoms with Gasteiger partial charge < -0.3 is 0 Å². The molecule has 1 aliphatic rings. The lowest BCUT2D eigenvalue weighted by atomic mass is 10.0. The highest BCUT2D eigenvalue weighted by atomic mass is 32.2. The molecule has 0 aromatic heterocycles. The highest BCUT2D eigenvalue weighted by Gasteiger charge is 2.56. The molecule has 0 radical (unpaired) electrons. The number of rotatable bonds is 5. The fraction of sp³-hybridized carbons (Fsp3) is 0.250. The molecular formula is C20H18FN3O3S3. The van der Waals surface area contributed by atoms with E-state index in [9.17, 15) is 17.6 Å². The largest absolute Gasteiger partial charge is 0.271 e. The fourth-order valence-corrected chi connectivity index (χ4v) is 6.39. The third-order valence-electron chi connectivity index (χ3n) is 4.73. The number of sulfonamides is 1. The van der Waals surface area contributed by atoms with E-state index in [4.69, 9.17) is 17.5 Å². The van der Waals surface area contributed by atoms with Crippen molar-refractivity contribution >= 4 is 50.7 Å². The number of nitriles is 1. The molecule has 0 spiro atoms. The van der Waals surface area contributed by atoms with Gasteiger partial charge in [0.15, 0.2) is 5.11 Å². The molecule has 2 aromatic carbocycles. The minimum Gasteiger partial charge on any atom is -0.271 e. The van der Waals surface area contributed by atoms with Gasteiger partial charge in [-0.05, 0) is 74.1 Å². The van der Waals surface area contributed by atoms with Crippen LogP contribution in [0.4, 0.5) is 10.1 Å². The van der Waals surface area contributed by atoms with Crippen molar-refractivity contribution in [3.8, 4) is 6.07 Å². The van der Waals surface area contributed by atoms with Crippen LogP contribution >= 0.6 is 24.0 Å². The number of nitrogens with zero attached hydrogens (tertiary/aromatic N) is 3. The van der Waals surface area contributed by atoms with Gasteiger partial charge in [0.1, 0.15) is 11.4 Å². The van der Waals surface area contributed by atoms with Crippen molar-refractivity contribution in [3.63, 3.8) is 0 Å². The third-order valence-corrected chi connectivity index (χ3v) is 7.76. The average molecular weight is 464 g/mol. The second-order valence-electron chi connectivity index (χ2n) is 7.08. The summed E-state index contributed by atoms with van der Waals surface area (Å²) in [5, 5.41) is 8.99. The molecule has 6 nitrogen and oxygen atoms in total. The van der Waals surface area contributed by atoms with Crippen LogP contribution in [0.5, 0.6) is 0 Å². The van der Waals surface area contributed by atoms with E-state index in [0.717, 1.165) is 10.6 Å². The van der Waals surface area contributed by atoms with Crippen LogP contribution in [0.2, 0.25) is 0 Å². The summed E-state index contributed by atoms with van der Waals surface area (Å²) in [5.41, 5.74) is 0.0216.